The second kappa shape index (κ2) is 6.53. The summed E-state index contributed by atoms with van der Waals surface area (Å²) in [5.74, 6) is 0.241. The number of likely N-dealkylation sites (tertiary alicyclic amines) is 1. The molecule has 2 aliphatic rings. The summed E-state index contributed by atoms with van der Waals surface area (Å²) in [6.45, 7) is 1.76. The number of aryl methyl sites for hydroxylation is 1. The van der Waals surface area contributed by atoms with E-state index >= 15 is 0 Å². The molecule has 1 amide bonds. The van der Waals surface area contributed by atoms with Gasteiger partial charge >= 0.3 is 0 Å². The highest BCUT2D eigenvalue weighted by molar-refractivity contribution is 5.76. The van der Waals surface area contributed by atoms with E-state index < -0.39 is 11.7 Å². The highest BCUT2D eigenvalue weighted by Gasteiger charge is 2.53. The van der Waals surface area contributed by atoms with Crippen molar-refractivity contribution in [3.05, 3.63) is 42.2 Å². The van der Waals surface area contributed by atoms with Gasteiger partial charge in [-0.25, -0.2) is 4.68 Å². The molecule has 0 unspecified atom stereocenters. The number of ether oxygens (including phenoxy) is 1. The van der Waals surface area contributed by atoms with Gasteiger partial charge in [0.15, 0.2) is 0 Å². The Morgan fingerprint density at radius 1 is 1.36 bits per heavy atom. The third kappa shape index (κ3) is 3.14. The first-order valence-electron chi connectivity index (χ1n) is 8.52. The minimum atomic E-state index is -0.654. The van der Waals surface area contributed by atoms with Crippen molar-refractivity contribution in [2.75, 3.05) is 19.7 Å². The van der Waals surface area contributed by atoms with Crippen molar-refractivity contribution < 1.29 is 14.6 Å². The maximum atomic E-state index is 12.5. The van der Waals surface area contributed by atoms with E-state index in [1.807, 2.05) is 18.2 Å². The van der Waals surface area contributed by atoms with Gasteiger partial charge in [0.1, 0.15) is 18.0 Å². The molecule has 8 heteroatoms. The molecule has 8 nitrogen and oxygen atoms in total. The molecule has 1 N–H and O–H groups in total. The van der Waals surface area contributed by atoms with Crippen molar-refractivity contribution in [3.63, 3.8) is 0 Å². The Morgan fingerprint density at radius 2 is 2.20 bits per heavy atom. The van der Waals surface area contributed by atoms with Crippen LogP contribution in [0.15, 0.2) is 36.7 Å². The molecular weight excluding hydrogens is 322 g/mol. The fraction of sp³-hybridized carbons (Fsp3) is 0.529. The number of rotatable bonds is 4. The van der Waals surface area contributed by atoms with Gasteiger partial charge in [-0.3, -0.25) is 4.79 Å². The summed E-state index contributed by atoms with van der Waals surface area (Å²) in [6.07, 6.45) is 1.86. The smallest absolute Gasteiger partial charge is 0.224 e. The number of hydrogen-bond acceptors (Lipinski definition) is 6. The first-order valence-corrected chi connectivity index (χ1v) is 8.52. The van der Waals surface area contributed by atoms with Gasteiger partial charge in [-0.05, 0) is 22.4 Å². The lowest BCUT2D eigenvalue weighted by Crippen LogP contribution is -2.41. The lowest BCUT2D eigenvalue weighted by atomic mass is 9.87. The van der Waals surface area contributed by atoms with E-state index in [0.717, 1.165) is 6.42 Å². The van der Waals surface area contributed by atoms with Crippen molar-refractivity contribution >= 4 is 5.91 Å². The van der Waals surface area contributed by atoms with Crippen LogP contribution < -0.4 is 0 Å². The van der Waals surface area contributed by atoms with Crippen LogP contribution in [0.1, 0.15) is 24.3 Å². The lowest BCUT2D eigenvalue weighted by molar-refractivity contribution is -0.131. The number of benzene rings is 1. The van der Waals surface area contributed by atoms with Crippen LogP contribution >= 0.6 is 0 Å². The van der Waals surface area contributed by atoms with E-state index in [-0.39, 0.29) is 11.8 Å². The van der Waals surface area contributed by atoms with Crippen LogP contribution in [0.2, 0.25) is 0 Å². The Bertz CT molecular complexity index is 723. The maximum absolute atomic E-state index is 12.5. The average Bonchev–Trinajstić information content (AvgIpc) is 3.36. The summed E-state index contributed by atoms with van der Waals surface area (Å²) in [4.78, 5) is 14.2. The summed E-state index contributed by atoms with van der Waals surface area (Å²) in [5.41, 5.74) is 0.570. The number of tetrazole rings is 1. The lowest BCUT2D eigenvalue weighted by Gasteiger charge is -2.26. The zero-order valence-corrected chi connectivity index (χ0v) is 13.9. The summed E-state index contributed by atoms with van der Waals surface area (Å²) < 4.78 is 7.56. The number of amides is 1. The fourth-order valence-corrected chi connectivity index (χ4v) is 3.79. The second-order valence-electron chi connectivity index (χ2n) is 6.80. The van der Waals surface area contributed by atoms with Gasteiger partial charge in [-0.15, -0.1) is 5.10 Å². The molecule has 4 rings (SSSR count). The van der Waals surface area contributed by atoms with Crippen molar-refractivity contribution in [2.24, 2.45) is 0 Å². The first-order chi connectivity index (χ1) is 12.2. The number of hydrogen-bond donors (Lipinski definition) is 1. The number of β-amino-alcohol motifs (C(OH)–C–C–N with tert-alkyl or cyclic N) is 1. The van der Waals surface area contributed by atoms with Gasteiger partial charge in [0.05, 0.1) is 19.7 Å². The predicted octanol–water partition coefficient (Wildman–Crippen LogP) is 0.209. The first kappa shape index (κ1) is 16.2. The number of aromatic nitrogens is 4. The number of nitrogens with zero attached hydrogens (tertiary/aromatic N) is 5. The minimum Gasteiger partial charge on any atom is -0.388 e. The Balaban J connectivity index is 1.38. The van der Waals surface area contributed by atoms with Crippen LogP contribution in [0.4, 0.5) is 0 Å². The van der Waals surface area contributed by atoms with Gasteiger partial charge in [0, 0.05) is 18.9 Å². The maximum Gasteiger partial charge on any atom is 0.224 e. The van der Waals surface area contributed by atoms with Crippen LogP contribution in [-0.2, 0) is 16.1 Å². The molecule has 2 aliphatic heterocycles. The summed E-state index contributed by atoms with van der Waals surface area (Å²) in [5, 5.41) is 21.4. The number of aliphatic hydroxyl groups excluding tert-OH is 1. The van der Waals surface area contributed by atoms with Crippen molar-refractivity contribution in [2.45, 2.75) is 37.0 Å². The van der Waals surface area contributed by atoms with Crippen LogP contribution in [0, 0.1) is 0 Å². The molecule has 0 bridgehead atoms. The molecule has 0 radical (unpaired) electrons. The highest BCUT2D eigenvalue weighted by Crippen LogP contribution is 2.42. The van der Waals surface area contributed by atoms with E-state index in [1.165, 1.54) is 16.6 Å². The third-order valence-corrected chi connectivity index (χ3v) is 5.19. The SMILES string of the molecule is O=C(CCn1cnnn1)N1C[C@@H](O)[C@@]2(C[C@H](c3ccccc3)CO2)C1. The van der Waals surface area contributed by atoms with E-state index in [0.29, 0.717) is 32.7 Å². The predicted molar refractivity (Wildman–Crippen MR) is 87.5 cm³/mol. The molecule has 2 saturated heterocycles. The number of carbonyl (C=O) groups excluding carboxylic acids is 1. The summed E-state index contributed by atoms with van der Waals surface area (Å²) >= 11 is 0. The Morgan fingerprint density at radius 3 is 2.96 bits per heavy atom. The highest BCUT2D eigenvalue weighted by atomic mass is 16.5. The third-order valence-electron chi connectivity index (χ3n) is 5.19. The molecule has 2 aromatic rings. The fourth-order valence-electron chi connectivity index (χ4n) is 3.79. The van der Waals surface area contributed by atoms with Crippen LogP contribution in [-0.4, -0.2) is 67.5 Å². The van der Waals surface area contributed by atoms with Gasteiger partial charge < -0.3 is 14.7 Å². The summed E-state index contributed by atoms with van der Waals surface area (Å²) in [7, 11) is 0. The molecule has 2 fully saturated rings. The van der Waals surface area contributed by atoms with E-state index in [1.54, 1.807) is 4.90 Å². The standard InChI is InChI=1S/C17H21N5O3/c23-15-9-21(16(24)6-7-22-12-18-19-20-22)11-17(15)8-14(10-25-17)13-4-2-1-3-5-13/h1-5,12,14-15,23H,6-11H2/t14-,15+,17+/m0/s1. The van der Waals surface area contributed by atoms with Gasteiger partial charge in [0.25, 0.3) is 0 Å². The van der Waals surface area contributed by atoms with E-state index in [4.69, 9.17) is 4.74 Å². The zero-order valence-electron chi connectivity index (χ0n) is 13.9. The normalized spacial score (nSPS) is 28.8. The molecule has 1 spiro atoms. The second-order valence-corrected chi connectivity index (χ2v) is 6.80. The van der Waals surface area contributed by atoms with Crippen LogP contribution in [0.3, 0.4) is 0 Å². The molecule has 1 aromatic heterocycles. The number of carbonyl (C=O) groups is 1. The Kier molecular flexibility index (Phi) is 4.22. The van der Waals surface area contributed by atoms with Gasteiger partial charge in [-0.2, -0.15) is 0 Å². The van der Waals surface area contributed by atoms with Crippen molar-refractivity contribution in [1.29, 1.82) is 0 Å². The monoisotopic (exact) mass is 343 g/mol. The molecule has 3 heterocycles. The minimum absolute atomic E-state index is 0.0156. The number of aliphatic hydroxyl groups is 1. The van der Waals surface area contributed by atoms with E-state index in [9.17, 15) is 9.90 Å². The largest absolute Gasteiger partial charge is 0.388 e. The molecule has 1 aromatic carbocycles. The molecule has 0 aliphatic carbocycles. The van der Waals surface area contributed by atoms with E-state index in [2.05, 4.69) is 27.7 Å². The van der Waals surface area contributed by atoms with Crippen molar-refractivity contribution in [1.82, 2.24) is 25.1 Å². The Hall–Kier alpha value is -2.32. The zero-order chi connectivity index (χ0) is 17.3. The molecule has 0 saturated carbocycles. The van der Waals surface area contributed by atoms with Crippen LogP contribution in [0.25, 0.3) is 0 Å². The quantitative estimate of drug-likeness (QED) is 0.853. The summed E-state index contributed by atoms with van der Waals surface area (Å²) in [6, 6.07) is 10.2. The molecular formula is C17H21N5O3. The van der Waals surface area contributed by atoms with Crippen molar-refractivity contribution in [3.8, 4) is 0 Å². The Labute approximate surface area is 145 Å². The molecule has 3 atom stereocenters. The van der Waals surface area contributed by atoms with Gasteiger partial charge in [-0.1, -0.05) is 30.3 Å². The van der Waals surface area contributed by atoms with Gasteiger partial charge in [0.2, 0.25) is 5.91 Å². The topological polar surface area (TPSA) is 93.4 Å². The average molecular weight is 343 g/mol. The molecule has 132 valence electrons. The van der Waals surface area contributed by atoms with Crippen LogP contribution in [0.5, 0.6) is 0 Å². The molecule has 25 heavy (non-hydrogen) atoms.